The molecule has 0 atom stereocenters. The Morgan fingerprint density at radius 1 is 1.18 bits per heavy atom. The van der Waals surface area contributed by atoms with Gasteiger partial charge in [-0.1, -0.05) is 29.8 Å². The van der Waals surface area contributed by atoms with Gasteiger partial charge in [-0.25, -0.2) is 13.1 Å². The monoisotopic (exact) mass is 421 g/mol. The number of nitrogens with one attached hydrogen (secondary N) is 1. The molecule has 0 aliphatic heterocycles. The number of rotatable bonds is 8. The first kappa shape index (κ1) is 20.0. The normalized spacial score (nSPS) is 11.5. The topological polar surface area (TPSA) is 111 Å². The van der Waals surface area contributed by atoms with Gasteiger partial charge >= 0.3 is 0 Å². The Labute approximate surface area is 166 Å². The summed E-state index contributed by atoms with van der Waals surface area (Å²) in [5.74, 6) is 0.606. The van der Waals surface area contributed by atoms with E-state index in [0.29, 0.717) is 12.2 Å². The predicted molar refractivity (Wildman–Crippen MR) is 105 cm³/mol. The van der Waals surface area contributed by atoms with E-state index in [4.69, 9.17) is 16.3 Å². The molecule has 146 valence electrons. The maximum atomic E-state index is 12.4. The van der Waals surface area contributed by atoms with E-state index in [0.717, 1.165) is 23.0 Å². The molecule has 3 rings (SSSR count). The molecular weight excluding hydrogens is 406 g/mol. The number of para-hydroxylation sites is 1. The minimum absolute atomic E-state index is 0.0559. The van der Waals surface area contributed by atoms with Crippen LogP contribution in [0.25, 0.3) is 10.9 Å². The second kappa shape index (κ2) is 8.51. The number of nitro benzene ring substituents is 1. The fourth-order valence-corrected chi connectivity index (χ4v) is 3.98. The zero-order valence-corrected chi connectivity index (χ0v) is 16.1. The lowest BCUT2D eigenvalue weighted by Crippen LogP contribution is -2.26. The molecule has 0 aliphatic rings. The number of pyridine rings is 1. The van der Waals surface area contributed by atoms with Gasteiger partial charge in [-0.3, -0.25) is 15.1 Å². The van der Waals surface area contributed by atoms with Crippen molar-refractivity contribution in [3.63, 3.8) is 0 Å². The van der Waals surface area contributed by atoms with Crippen molar-refractivity contribution in [2.45, 2.75) is 11.3 Å². The van der Waals surface area contributed by atoms with Gasteiger partial charge in [0.15, 0.2) is 4.90 Å². The number of aromatic nitrogens is 1. The number of ether oxygens (including phenoxy) is 1. The first-order chi connectivity index (χ1) is 13.4. The summed E-state index contributed by atoms with van der Waals surface area (Å²) < 4.78 is 32.8. The fraction of sp³-hybridized carbons (Fsp3) is 0.167. The molecule has 2 aromatic carbocycles. The number of halogens is 1. The van der Waals surface area contributed by atoms with Crippen molar-refractivity contribution < 1.29 is 18.1 Å². The molecule has 10 heteroatoms. The van der Waals surface area contributed by atoms with Crippen molar-refractivity contribution in [1.82, 2.24) is 9.71 Å². The molecule has 1 heterocycles. The number of nitrogens with zero attached hydrogens (tertiary/aromatic N) is 2. The SMILES string of the molecule is O=[N+]([O-])c1cc(Cl)ccc1S(=O)(=O)NCCCOc1cccc2cccnc12. The molecule has 0 saturated carbocycles. The van der Waals surface area contributed by atoms with Gasteiger partial charge < -0.3 is 4.74 Å². The Bertz CT molecular complexity index is 1120. The molecule has 1 N–H and O–H groups in total. The van der Waals surface area contributed by atoms with Crippen molar-refractivity contribution in [3.8, 4) is 5.75 Å². The van der Waals surface area contributed by atoms with Gasteiger partial charge in [0.05, 0.1) is 11.5 Å². The van der Waals surface area contributed by atoms with Crippen molar-refractivity contribution in [1.29, 1.82) is 0 Å². The lowest BCUT2D eigenvalue weighted by molar-refractivity contribution is -0.387. The van der Waals surface area contributed by atoms with Crippen LogP contribution in [0.5, 0.6) is 5.75 Å². The van der Waals surface area contributed by atoms with E-state index in [1.54, 1.807) is 12.3 Å². The van der Waals surface area contributed by atoms with E-state index >= 15 is 0 Å². The van der Waals surface area contributed by atoms with Crippen LogP contribution in [0.1, 0.15) is 6.42 Å². The second-order valence-electron chi connectivity index (χ2n) is 5.80. The van der Waals surface area contributed by atoms with E-state index in [9.17, 15) is 18.5 Å². The Hall–Kier alpha value is -2.75. The van der Waals surface area contributed by atoms with Gasteiger partial charge in [0, 0.05) is 29.2 Å². The van der Waals surface area contributed by atoms with Crippen LogP contribution >= 0.6 is 11.6 Å². The van der Waals surface area contributed by atoms with Gasteiger partial charge in [0.25, 0.3) is 5.69 Å². The molecular formula is C18H16ClN3O5S. The smallest absolute Gasteiger partial charge is 0.290 e. The summed E-state index contributed by atoms with van der Waals surface area (Å²) in [6, 6.07) is 12.7. The third kappa shape index (κ3) is 4.56. The summed E-state index contributed by atoms with van der Waals surface area (Å²) >= 11 is 5.71. The minimum Gasteiger partial charge on any atom is -0.491 e. The average Bonchev–Trinajstić information content (AvgIpc) is 2.67. The fourth-order valence-electron chi connectivity index (χ4n) is 2.59. The first-order valence-electron chi connectivity index (χ1n) is 8.28. The standard InChI is InChI=1S/C18H16ClN3O5S/c19-14-7-8-17(15(12-14)22(23)24)28(25,26)21-10-3-11-27-16-6-1-4-13-5-2-9-20-18(13)16/h1-2,4-9,12,21H,3,10-11H2. The van der Waals surface area contributed by atoms with Gasteiger partial charge in [-0.15, -0.1) is 0 Å². The minimum atomic E-state index is -4.05. The van der Waals surface area contributed by atoms with Crippen LogP contribution in [0.3, 0.4) is 0 Å². The van der Waals surface area contributed by atoms with Gasteiger partial charge in [-0.2, -0.15) is 0 Å². The predicted octanol–water partition coefficient (Wildman–Crippen LogP) is 3.54. The average molecular weight is 422 g/mol. The number of hydrogen-bond donors (Lipinski definition) is 1. The number of fused-ring (bicyclic) bond motifs is 1. The van der Waals surface area contributed by atoms with Crippen LogP contribution in [0.2, 0.25) is 5.02 Å². The first-order valence-corrected chi connectivity index (χ1v) is 10.1. The molecule has 1 aromatic heterocycles. The number of nitro groups is 1. The Balaban J connectivity index is 1.60. The van der Waals surface area contributed by atoms with Crippen molar-refractivity contribution in [2.24, 2.45) is 0 Å². The number of sulfonamides is 1. The maximum Gasteiger partial charge on any atom is 0.290 e. The highest BCUT2D eigenvalue weighted by molar-refractivity contribution is 7.89. The number of hydrogen-bond acceptors (Lipinski definition) is 6. The summed E-state index contributed by atoms with van der Waals surface area (Å²) in [4.78, 5) is 14.2. The highest BCUT2D eigenvalue weighted by Gasteiger charge is 2.25. The Morgan fingerprint density at radius 3 is 2.75 bits per heavy atom. The molecule has 28 heavy (non-hydrogen) atoms. The Kier molecular flexibility index (Phi) is 6.08. The molecule has 0 aliphatic carbocycles. The summed E-state index contributed by atoms with van der Waals surface area (Å²) in [5, 5.41) is 12.1. The summed E-state index contributed by atoms with van der Waals surface area (Å²) in [6.07, 6.45) is 2.03. The van der Waals surface area contributed by atoms with Gasteiger partial charge in [0.2, 0.25) is 10.0 Å². The van der Waals surface area contributed by atoms with Crippen LogP contribution in [-0.2, 0) is 10.0 Å². The van der Waals surface area contributed by atoms with Crippen molar-refractivity contribution >= 4 is 38.2 Å². The van der Waals surface area contributed by atoms with E-state index < -0.39 is 25.5 Å². The summed E-state index contributed by atoms with van der Waals surface area (Å²) in [7, 11) is -4.05. The molecule has 8 nitrogen and oxygen atoms in total. The zero-order chi connectivity index (χ0) is 20.1. The van der Waals surface area contributed by atoms with E-state index in [-0.39, 0.29) is 18.2 Å². The van der Waals surface area contributed by atoms with Crippen LogP contribution in [0.4, 0.5) is 5.69 Å². The second-order valence-corrected chi connectivity index (χ2v) is 7.97. The lowest BCUT2D eigenvalue weighted by Gasteiger charge is -2.10. The van der Waals surface area contributed by atoms with Crippen molar-refractivity contribution in [2.75, 3.05) is 13.2 Å². The van der Waals surface area contributed by atoms with Crippen LogP contribution in [-0.4, -0.2) is 31.5 Å². The number of benzene rings is 2. The third-order valence-corrected chi connectivity index (χ3v) is 5.62. The van der Waals surface area contributed by atoms with Gasteiger partial charge in [-0.05, 0) is 30.7 Å². The molecule has 0 radical (unpaired) electrons. The highest BCUT2D eigenvalue weighted by atomic mass is 35.5. The zero-order valence-electron chi connectivity index (χ0n) is 14.5. The molecule has 3 aromatic rings. The summed E-state index contributed by atoms with van der Waals surface area (Å²) in [5.41, 5.74) is 0.153. The van der Waals surface area contributed by atoms with Gasteiger partial charge in [0.1, 0.15) is 11.3 Å². The van der Waals surface area contributed by atoms with Crippen LogP contribution in [0, 0.1) is 10.1 Å². The van der Waals surface area contributed by atoms with Crippen molar-refractivity contribution in [3.05, 3.63) is 69.9 Å². The molecule has 0 fully saturated rings. The largest absolute Gasteiger partial charge is 0.491 e. The third-order valence-electron chi connectivity index (χ3n) is 3.87. The highest BCUT2D eigenvalue weighted by Crippen LogP contribution is 2.27. The summed E-state index contributed by atoms with van der Waals surface area (Å²) in [6.45, 7) is 0.307. The molecule has 0 unspecified atom stereocenters. The molecule has 0 saturated heterocycles. The van der Waals surface area contributed by atoms with E-state index in [1.807, 2.05) is 24.3 Å². The quantitative estimate of drug-likeness (QED) is 0.338. The molecule has 0 spiro atoms. The molecule has 0 bridgehead atoms. The van der Waals surface area contributed by atoms with E-state index in [2.05, 4.69) is 9.71 Å². The van der Waals surface area contributed by atoms with E-state index in [1.165, 1.54) is 6.07 Å². The van der Waals surface area contributed by atoms with Crippen LogP contribution < -0.4 is 9.46 Å². The lowest BCUT2D eigenvalue weighted by atomic mass is 10.2. The van der Waals surface area contributed by atoms with Crippen LogP contribution in [0.15, 0.2) is 59.6 Å². The molecule has 0 amide bonds. The maximum absolute atomic E-state index is 12.4. The Morgan fingerprint density at radius 2 is 1.96 bits per heavy atom.